The molecule has 0 fully saturated rings. The summed E-state index contributed by atoms with van der Waals surface area (Å²) in [4.78, 5) is 12.4. The van der Waals surface area contributed by atoms with Crippen LogP contribution in [0.2, 0.25) is 0 Å². The van der Waals surface area contributed by atoms with Gasteiger partial charge in [0.25, 0.3) is 5.91 Å². The van der Waals surface area contributed by atoms with Crippen LogP contribution in [0, 0.1) is 0 Å². The monoisotopic (exact) mass is 376 g/mol. The lowest BCUT2D eigenvalue weighted by molar-refractivity contribution is -0.122. The summed E-state index contributed by atoms with van der Waals surface area (Å²) in [5.41, 5.74) is 1.74. The number of ether oxygens (including phenoxy) is 1. The molecule has 6 nitrogen and oxygen atoms in total. The molecular weight excluding hydrogens is 352 g/mol. The highest BCUT2D eigenvalue weighted by molar-refractivity contribution is 5.94. The van der Waals surface area contributed by atoms with Crippen LogP contribution in [-0.4, -0.2) is 26.8 Å². The number of nitrogens with one attached hydrogen (secondary N) is 1. The highest BCUT2D eigenvalue weighted by atomic mass is 16.5. The Labute approximate surface area is 164 Å². The summed E-state index contributed by atoms with van der Waals surface area (Å²) < 4.78 is 7.89. The molecule has 0 spiro atoms. The van der Waals surface area contributed by atoms with Crippen molar-refractivity contribution in [3.8, 4) is 17.1 Å². The number of benzene rings is 2. The number of nitrogens with zero attached hydrogens (tertiary/aromatic N) is 3. The molecule has 0 aliphatic carbocycles. The van der Waals surface area contributed by atoms with Gasteiger partial charge in [0.2, 0.25) is 0 Å². The van der Waals surface area contributed by atoms with Crippen molar-refractivity contribution in [2.45, 2.75) is 45.3 Å². The number of fused-ring (bicyclic) bond motifs is 1. The van der Waals surface area contributed by atoms with Crippen LogP contribution in [0.25, 0.3) is 11.4 Å². The molecule has 1 atom stereocenters. The molecule has 2 aromatic carbocycles. The van der Waals surface area contributed by atoms with E-state index in [4.69, 9.17) is 4.74 Å². The van der Waals surface area contributed by atoms with Crippen molar-refractivity contribution in [3.05, 3.63) is 60.4 Å². The van der Waals surface area contributed by atoms with Crippen LogP contribution in [0.4, 0.5) is 5.69 Å². The van der Waals surface area contributed by atoms with Crippen molar-refractivity contribution in [2.75, 3.05) is 5.32 Å². The van der Waals surface area contributed by atoms with Gasteiger partial charge in [0.15, 0.2) is 11.9 Å². The Morgan fingerprint density at radius 3 is 2.61 bits per heavy atom. The number of aryl methyl sites for hydroxylation is 1. The Balaban J connectivity index is 1.42. The molecule has 2 heterocycles. The minimum Gasteiger partial charge on any atom is -0.481 e. The Hall–Kier alpha value is -3.15. The summed E-state index contributed by atoms with van der Waals surface area (Å²) in [5, 5.41) is 11.6. The molecule has 4 rings (SSSR count). The van der Waals surface area contributed by atoms with E-state index >= 15 is 0 Å². The van der Waals surface area contributed by atoms with E-state index in [9.17, 15) is 4.79 Å². The van der Waals surface area contributed by atoms with Gasteiger partial charge in [0.1, 0.15) is 11.6 Å². The van der Waals surface area contributed by atoms with Crippen LogP contribution >= 0.6 is 0 Å². The quantitative estimate of drug-likeness (QED) is 0.729. The number of para-hydroxylation sites is 1. The maximum atomic E-state index is 12.4. The second kappa shape index (κ2) is 8.25. The van der Waals surface area contributed by atoms with Crippen molar-refractivity contribution < 1.29 is 9.53 Å². The zero-order chi connectivity index (χ0) is 19.3. The van der Waals surface area contributed by atoms with Crippen LogP contribution in [0.15, 0.2) is 54.6 Å². The van der Waals surface area contributed by atoms with Crippen molar-refractivity contribution in [2.24, 2.45) is 0 Å². The Morgan fingerprint density at radius 1 is 1.04 bits per heavy atom. The van der Waals surface area contributed by atoms with Gasteiger partial charge in [-0.2, -0.15) is 0 Å². The number of carbonyl (C=O) groups excluding carboxylic acids is 1. The minimum absolute atomic E-state index is 0.187. The summed E-state index contributed by atoms with van der Waals surface area (Å²) in [6, 6.07) is 17.1. The van der Waals surface area contributed by atoms with E-state index in [0.29, 0.717) is 5.75 Å². The van der Waals surface area contributed by atoms with Crippen LogP contribution < -0.4 is 10.1 Å². The number of anilines is 1. The van der Waals surface area contributed by atoms with Gasteiger partial charge in [-0.1, -0.05) is 24.6 Å². The topological polar surface area (TPSA) is 69.0 Å². The smallest absolute Gasteiger partial charge is 0.265 e. The third kappa shape index (κ3) is 4.06. The van der Waals surface area contributed by atoms with Gasteiger partial charge in [0.05, 0.1) is 0 Å². The van der Waals surface area contributed by atoms with Crippen LogP contribution in [-0.2, 0) is 17.8 Å². The molecule has 3 aromatic rings. The molecule has 0 radical (unpaired) electrons. The van der Waals surface area contributed by atoms with Gasteiger partial charge in [-0.05, 0) is 56.2 Å². The van der Waals surface area contributed by atoms with E-state index in [-0.39, 0.29) is 5.91 Å². The average molecular weight is 376 g/mol. The molecule has 28 heavy (non-hydrogen) atoms. The lowest BCUT2D eigenvalue weighted by atomic mass is 10.2. The second-order valence-electron chi connectivity index (χ2n) is 7.04. The predicted octanol–water partition coefficient (Wildman–Crippen LogP) is 4.08. The van der Waals surface area contributed by atoms with E-state index < -0.39 is 6.10 Å². The molecule has 1 N–H and O–H groups in total. The third-order valence-corrected chi connectivity index (χ3v) is 4.95. The highest BCUT2D eigenvalue weighted by Gasteiger charge is 2.17. The molecule has 144 valence electrons. The first kappa shape index (κ1) is 18.2. The number of aromatic nitrogens is 3. The minimum atomic E-state index is -0.589. The van der Waals surface area contributed by atoms with Crippen molar-refractivity contribution >= 4 is 11.6 Å². The summed E-state index contributed by atoms with van der Waals surface area (Å²) in [7, 11) is 0. The fourth-order valence-electron chi connectivity index (χ4n) is 3.40. The van der Waals surface area contributed by atoms with Gasteiger partial charge in [0, 0.05) is 24.2 Å². The first-order chi connectivity index (χ1) is 13.7. The van der Waals surface area contributed by atoms with E-state index in [1.165, 1.54) is 12.8 Å². The zero-order valence-corrected chi connectivity index (χ0v) is 16.0. The molecule has 6 heteroatoms. The molecule has 0 saturated heterocycles. The molecule has 1 aliphatic rings. The van der Waals surface area contributed by atoms with E-state index in [2.05, 4.69) is 20.1 Å². The highest BCUT2D eigenvalue weighted by Crippen LogP contribution is 2.24. The van der Waals surface area contributed by atoms with E-state index in [0.717, 1.165) is 42.3 Å². The van der Waals surface area contributed by atoms with E-state index in [1.54, 1.807) is 6.92 Å². The van der Waals surface area contributed by atoms with Gasteiger partial charge in [-0.15, -0.1) is 10.2 Å². The standard InChI is InChI=1S/C22H24N4O2/c1-16(28-19-8-4-2-5-9-19)22(27)23-18-13-11-17(12-14-18)21-25-24-20-10-6-3-7-15-26(20)21/h2,4-5,8-9,11-14,16H,3,6-7,10,15H2,1H3,(H,23,27)/t16-/m1/s1. The number of rotatable bonds is 5. The third-order valence-electron chi connectivity index (χ3n) is 4.95. The summed E-state index contributed by atoms with van der Waals surface area (Å²) in [5.74, 6) is 2.45. The first-order valence-electron chi connectivity index (χ1n) is 9.76. The van der Waals surface area contributed by atoms with Gasteiger partial charge in [-0.25, -0.2) is 0 Å². The lowest BCUT2D eigenvalue weighted by Crippen LogP contribution is -2.30. The number of hydrogen-bond acceptors (Lipinski definition) is 4. The molecule has 1 amide bonds. The largest absolute Gasteiger partial charge is 0.481 e. The molecular formula is C22H24N4O2. The fourth-order valence-corrected chi connectivity index (χ4v) is 3.40. The molecule has 0 unspecified atom stereocenters. The SMILES string of the molecule is C[C@@H](Oc1ccccc1)C(=O)Nc1ccc(-c2nnc3n2CCCCC3)cc1. The zero-order valence-electron chi connectivity index (χ0n) is 16.0. The lowest BCUT2D eigenvalue weighted by Gasteiger charge is -2.15. The van der Waals surface area contributed by atoms with Crippen molar-refractivity contribution in [3.63, 3.8) is 0 Å². The summed E-state index contributed by atoms with van der Waals surface area (Å²) in [6.07, 6.45) is 3.96. The number of hydrogen-bond donors (Lipinski definition) is 1. The van der Waals surface area contributed by atoms with Crippen LogP contribution in [0.1, 0.15) is 32.0 Å². The molecule has 1 aliphatic heterocycles. The van der Waals surface area contributed by atoms with Crippen molar-refractivity contribution in [1.29, 1.82) is 0 Å². The fraction of sp³-hybridized carbons (Fsp3) is 0.318. The summed E-state index contributed by atoms with van der Waals surface area (Å²) in [6.45, 7) is 2.70. The van der Waals surface area contributed by atoms with E-state index in [1.807, 2.05) is 54.6 Å². The Morgan fingerprint density at radius 2 is 1.82 bits per heavy atom. The maximum absolute atomic E-state index is 12.4. The van der Waals surface area contributed by atoms with Gasteiger partial charge >= 0.3 is 0 Å². The molecule has 1 aromatic heterocycles. The second-order valence-corrected chi connectivity index (χ2v) is 7.04. The summed E-state index contributed by atoms with van der Waals surface area (Å²) >= 11 is 0. The normalized spacial score (nSPS) is 14.6. The van der Waals surface area contributed by atoms with Crippen LogP contribution in [0.5, 0.6) is 5.75 Å². The van der Waals surface area contributed by atoms with Gasteiger partial charge < -0.3 is 14.6 Å². The first-order valence-corrected chi connectivity index (χ1v) is 9.76. The average Bonchev–Trinajstić information content (AvgIpc) is 2.97. The number of carbonyl (C=O) groups is 1. The molecule has 0 saturated carbocycles. The van der Waals surface area contributed by atoms with Gasteiger partial charge in [-0.3, -0.25) is 4.79 Å². The van der Waals surface area contributed by atoms with Crippen LogP contribution in [0.3, 0.4) is 0 Å². The Kier molecular flexibility index (Phi) is 5.37. The van der Waals surface area contributed by atoms with Crippen molar-refractivity contribution in [1.82, 2.24) is 14.8 Å². The Bertz CT molecular complexity index is 935. The predicted molar refractivity (Wildman–Crippen MR) is 108 cm³/mol. The number of amides is 1. The maximum Gasteiger partial charge on any atom is 0.265 e. The molecule has 0 bridgehead atoms.